The predicted octanol–water partition coefficient (Wildman–Crippen LogP) is 2.17. The van der Waals surface area contributed by atoms with Crippen molar-refractivity contribution in [2.45, 2.75) is 24.6 Å². The summed E-state index contributed by atoms with van der Waals surface area (Å²) in [5.74, 6) is -0.572. The van der Waals surface area contributed by atoms with Gasteiger partial charge in [-0.2, -0.15) is 13.2 Å². The number of anilines is 1. The first-order valence-corrected chi connectivity index (χ1v) is 5.02. The van der Waals surface area contributed by atoms with Crippen molar-refractivity contribution >= 4 is 11.6 Å². The Balaban J connectivity index is 2.06. The van der Waals surface area contributed by atoms with Crippen LogP contribution in [-0.4, -0.2) is 16.6 Å². The van der Waals surface area contributed by atoms with E-state index in [1.54, 1.807) is 0 Å². The van der Waals surface area contributed by atoms with Crippen LogP contribution < -0.4 is 5.32 Å². The lowest BCUT2D eigenvalue weighted by Crippen LogP contribution is -2.29. The van der Waals surface area contributed by atoms with Crippen molar-refractivity contribution in [1.29, 1.82) is 0 Å². The molecule has 0 saturated heterocycles. The van der Waals surface area contributed by atoms with Gasteiger partial charge in [0.15, 0.2) is 0 Å². The van der Waals surface area contributed by atoms with Gasteiger partial charge in [-0.15, -0.1) is 0 Å². The van der Waals surface area contributed by atoms with Gasteiger partial charge in [0, 0.05) is 5.69 Å². The molecule has 0 radical (unpaired) electrons. The molecule has 0 unspecified atom stereocenters. The Morgan fingerprint density at radius 3 is 2.18 bits per heavy atom. The fourth-order valence-corrected chi connectivity index (χ4v) is 1.34. The molecule has 2 rings (SSSR count). The maximum Gasteiger partial charge on any atom is 0.416 e. The Labute approximate surface area is 95.3 Å². The van der Waals surface area contributed by atoms with Gasteiger partial charge in [-0.3, -0.25) is 4.79 Å². The van der Waals surface area contributed by atoms with Crippen LogP contribution in [0.2, 0.25) is 0 Å². The van der Waals surface area contributed by atoms with E-state index in [1.165, 1.54) is 0 Å². The van der Waals surface area contributed by atoms with E-state index in [4.69, 9.17) is 0 Å². The monoisotopic (exact) mass is 245 g/mol. The summed E-state index contributed by atoms with van der Waals surface area (Å²) in [6.07, 6.45) is -3.61. The van der Waals surface area contributed by atoms with E-state index in [2.05, 4.69) is 5.32 Å². The molecule has 1 aromatic carbocycles. The van der Waals surface area contributed by atoms with Gasteiger partial charge in [-0.25, -0.2) is 0 Å². The number of alkyl halides is 3. The third kappa shape index (κ3) is 2.58. The summed E-state index contributed by atoms with van der Waals surface area (Å²) in [6.45, 7) is 0. The average Bonchev–Trinajstić information content (AvgIpc) is 2.97. The fourth-order valence-electron chi connectivity index (χ4n) is 1.34. The molecule has 6 heteroatoms. The lowest BCUT2D eigenvalue weighted by atomic mass is 10.2. The highest BCUT2D eigenvalue weighted by Crippen LogP contribution is 2.36. The first kappa shape index (κ1) is 11.9. The molecule has 2 N–H and O–H groups in total. The Morgan fingerprint density at radius 2 is 1.76 bits per heavy atom. The molecule has 0 heterocycles. The molecule has 1 saturated carbocycles. The fraction of sp³-hybridized carbons (Fsp3) is 0.364. The summed E-state index contributed by atoms with van der Waals surface area (Å²) < 4.78 is 36.8. The molecule has 1 aromatic rings. The summed E-state index contributed by atoms with van der Waals surface area (Å²) in [5.41, 5.74) is -1.87. The van der Waals surface area contributed by atoms with E-state index in [1.807, 2.05) is 0 Å². The van der Waals surface area contributed by atoms with E-state index in [0.717, 1.165) is 24.3 Å². The normalized spacial score (nSPS) is 17.6. The largest absolute Gasteiger partial charge is 0.416 e. The highest BCUT2D eigenvalue weighted by Gasteiger charge is 2.48. The topological polar surface area (TPSA) is 49.3 Å². The predicted molar refractivity (Wildman–Crippen MR) is 54.3 cm³/mol. The zero-order valence-electron chi connectivity index (χ0n) is 8.71. The van der Waals surface area contributed by atoms with Crippen LogP contribution in [0.5, 0.6) is 0 Å². The van der Waals surface area contributed by atoms with Crippen molar-refractivity contribution in [1.82, 2.24) is 0 Å². The number of hydrogen-bond acceptors (Lipinski definition) is 2. The SMILES string of the molecule is O=C(Nc1ccc(C(F)(F)F)cc1)C1(O)CC1. The van der Waals surface area contributed by atoms with Crippen molar-refractivity contribution in [2.24, 2.45) is 0 Å². The quantitative estimate of drug-likeness (QED) is 0.838. The number of rotatable bonds is 2. The zero-order valence-corrected chi connectivity index (χ0v) is 8.71. The summed E-state index contributed by atoms with van der Waals surface area (Å²) in [7, 11) is 0. The van der Waals surface area contributed by atoms with E-state index in [0.29, 0.717) is 12.8 Å². The number of carbonyl (C=O) groups is 1. The lowest BCUT2D eigenvalue weighted by Gasteiger charge is -2.10. The molecule has 0 atom stereocenters. The average molecular weight is 245 g/mol. The van der Waals surface area contributed by atoms with Crippen LogP contribution in [0.1, 0.15) is 18.4 Å². The minimum atomic E-state index is -4.39. The number of nitrogens with one attached hydrogen (secondary N) is 1. The first-order valence-electron chi connectivity index (χ1n) is 5.02. The van der Waals surface area contributed by atoms with Crippen molar-refractivity contribution in [3.63, 3.8) is 0 Å². The van der Waals surface area contributed by atoms with Crippen LogP contribution in [0.15, 0.2) is 24.3 Å². The summed E-state index contributed by atoms with van der Waals surface area (Å²) in [6, 6.07) is 4.08. The van der Waals surface area contributed by atoms with E-state index in [-0.39, 0.29) is 5.69 Å². The second kappa shape index (κ2) is 3.73. The summed E-state index contributed by atoms with van der Waals surface area (Å²) in [4.78, 5) is 11.4. The molecule has 1 aliphatic rings. The number of carbonyl (C=O) groups excluding carboxylic acids is 1. The van der Waals surface area contributed by atoms with Crippen molar-refractivity contribution in [2.75, 3.05) is 5.32 Å². The molecular weight excluding hydrogens is 235 g/mol. The second-order valence-electron chi connectivity index (χ2n) is 4.06. The summed E-state index contributed by atoms with van der Waals surface area (Å²) >= 11 is 0. The van der Waals surface area contributed by atoms with Gasteiger partial charge >= 0.3 is 6.18 Å². The van der Waals surface area contributed by atoms with Gasteiger partial charge in [-0.1, -0.05) is 0 Å². The third-order valence-corrected chi connectivity index (χ3v) is 2.62. The van der Waals surface area contributed by atoms with Gasteiger partial charge in [0.25, 0.3) is 5.91 Å². The van der Waals surface area contributed by atoms with Crippen LogP contribution in [-0.2, 0) is 11.0 Å². The molecular formula is C11H10F3NO2. The maximum atomic E-state index is 12.3. The van der Waals surface area contributed by atoms with Gasteiger partial charge in [0.05, 0.1) is 5.56 Å². The minimum absolute atomic E-state index is 0.239. The van der Waals surface area contributed by atoms with Gasteiger partial charge in [0.1, 0.15) is 5.60 Å². The van der Waals surface area contributed by atoms with Crippen LogP contribution in [0.4, 0.5) is 18.9 Å². The molecule has 0 aromatic heterocycles. The molecule has 92 valence electrons. The van der Waals surface area contributed by atoms with Crippen molar-refractivity contribution < 1.29 is 23.1 Å². The van der Waals surface area contributed by atoms with E-state index >= 15 is 0 Å². The van der Waals surface area contributed by atoms with E-state index < -0.39 is 23.2 Å². The molecule has 17 heavy (non-hydrogen) atoms. The molecule has 0 spiro atoms. The highest BCUT2D eigenvalue weighted by molar-refractivity contribution is 5.99. The van der Waals surface area contributed by atoms with Crippen LogP contribution in [0.3, 0.4) is 0 Å². The number of benzene rings is 1. The minimum Gasteiger partial charge on any atom is -0.380 e. The maximum absolute atomic E-state index is 12.3. The molecule has 0 aliphatic heterocycles. The third-order valence-electron chi connectivity index (χ3n) is 2.62. The summed E-state index contributed by atoms with van der Waals surface area (Å²) in [5, 5.41) is 11.8. The Hall–Kier alpha value is -1.56. The van der Waals surface area contributed by atoms with Crippen LogP contribution >= 0.6 is 0 Å². The van der Waals surface area contributed by atoms with Gasteiger partial charge < -0.3 is 10.4 Å². The number of halogens is 3. The van der Waals surface area contributed by atoms with Crippen LogP contribution in [0.25, 0.3) is 0 Å². The van der Waals surface area contributed by atoms with Crippen molar-refractivity contribution in [3.8, 4) is 0 Å². The van der Waals surface area contributed by atoms with Gasteiger partial charge in [0.2, 0.25) is 0 Å². The number of aliphatic hydroxyl groups is 1. The van der Waals surface area contributed by atoms with Crippen LogP contribution in [0, 0.1) is 0 Å². The molecule has 0 bridgehead atoms. The first-order chi connectivity index (χ1) is 7.81. The zero-order chi connectivity index (χ0) is 12.7. The Morgan fingerprint density at radius 1 is 1.24 bits per heavy atom. The van der Waals surface area contributed by atoms with Gasteiger partial charge in [-0.05, 0) is 37.1 Å². The smallest absolute Gasteiger partial charge is 0.380 e. The molecule has 1 amide bonds. The number of amides is 1. The Kier molecular flexibility index (Phi) is 2.61. The van der Waals surface area contributed by atoms with Crippen molar-refractivity contribution in [3.05, 3.63) is 29.8 Å². The van der Waals surface area contributed by atoms with E-state index in [9.17, 15) is 23.1 Å². The molecule has 3 nitrogen and oxygen atoms in total. The highest BCUT2D eigenvalue weighted by atomic mass is 19.4. The second-order valence-corrected chi connectivity index (χ2v) is 4.06. The molecule has 1 fully saturated rings. The lowest BCUT2D eigenvalue weighted by molar-refractivity contribution is -0.137. The molecule has 1 aliphatic carbocycles. The Bertz CT molecular complexity index is 435. The number of hydrogen-bond donors (Lipinski definition) is 2. The standard InChI is InChI=1S/C11H10F3NO2/c12-11(13,14)7-1-3-8(4-2-7)15-9(16)10(17)5-6-10/h1-4,17H,5-6H2,(H,15,16).